The molecule has 0 aromatic carbocycles. The monoisotopic (exact) mass is 201 g/mol. The molecule has 0 amide bonds. The Morgan fingerprint density at radius 1 is 1.21 bits per heavy atom. The molecule has 14 heavy (non-hydrogen) atoms. The summed E-state index contributed by atoms with van der Waals surface area (Å²) in [5, 5.41) is 0. The normalized spacial score (nSPS) is 12.4. The Bertz CT molecular complexity index is 132. The summed E-state index contributed by atoms with van der Waals surface area (Å²) in [4.78, 5) is 0. The lowest BCUT2D eigenvalue weighted by atomic mass is 9.88. The molecule has 0 spiro atoms. The number of nitrogens with two attached hydrogens (primary N) is 1. The van der Waals surface area contributed by atoms with Crippen molar-refractivity contribution in [2.24, 2.45) is 17.1 Å². The molecule has 0 heterocycles. The molecule has 0 aliphatic rings. The van der Waals surface area contributed by atoms with Crippen molar-refractivity contribution >= 4 is 0 Å². The highest BCUT2D eigenvalue weighted by molar-refractivity contribution is 4.68. The van der Waals surface area contributed by atoms with E-state index in [-0.39, 0.29) is 5.41 Å². The van der Waals surface area contributed by atoms with Gasteiger partial charge in [0.25, 0.3) is 0 Å². The van der Waals surface area contributed by atoms with Crippen LogP contribution < -0.4 is 5.73 Å². The highest BCUT2D eigenvalue weighted by Crippen LogP contribution is 2.19. The molecule has 0 saturated heterocycles. The van der Waals surface area contributed by atoms with Crippen LogP contribution in [0.5, 0.6) is 0 Å². The Labute approximate surface area is 89.2 Å². The van der Waals surface area contributed by atoms with Crippen molar-refractivity contribution in [2.45, 2.75) is 47.0 Å². The molecule has 0 aliphatic carbocycles. The van der Waals surface area contributed by atoms with Crippen LogP contribution in [0.15, 0.2) is 0 Å². The highest BCUT2D eigenvalue weighted by atomic mass is 16.5. The summed E-state index contributed by atoms with van der Waals surface area (Å²) in [7, 11) is 0. The quantitative estimate of drug-likeness (QED) is 0.613. The summed E-state index contributed by atoms with van der Waals surface area (Å²) in [6, 6.07) is 0. The molecule has 0 atom stereocenters. The third-order valence-corrected chi connectivity index (χ3v) is 2.53. The Morgan fingerprint density at radius 3 is 2.36 bits per heavy atom. The molecule has 0 saturated carbocycles. The smallest absolute Gasteiger partial charge is 0.0468 e. The zero-order valence-corrected chi connectivity index (χ0v) is 10.3. The van der Waals surface area contributed by atoms with Gasteiger partial charge >= 0.3 is 0 Å². The average Bonchev–Trinajstić information content (AvgIpc) is 2.10. The van der Waals surface area contributed by atoms with Crippen LogP contribution in [0.4, 0.5) is 0 Å². The van der Waals surface area contributed by atoms with Crippen molar-refractivity contribution in [1.82, 2.24) is 0 Å². The van der Waals surface area contributed by atoms with Gasteiger partial charge in [0, 0.05) is 13.2 Å². The predicted octanol–water partition coefficient (Wildman–Crippen LogP) is 2.81. The second kappa shape index (κ2) is 7.24. The molecule has 0 unspecified atom stereocenters. The van der Waals surface area contributed by atoms with E-state index in [0.29, 0.717) is 0 Å². The summed E-state index contributed by atoms with van der Waals surface area (Å²) in [6.07, 6.45) is 3.45. The first-order chi connectivity index (χ1) is 6.48. The SMILES string of the molecule is CC(C)CCOCCCC(C)(C)CN. The van der Waals surface area contributed by atoms with E-state index in [2.05, 4.69) is 27.7 Å². The van der Waals surface area contributed by atoms with Crippen molar-refractivity contribution < 1.29 is 4.74 Å². The lowest BCUT2D eigenvalue weighted by Gasteiger charge is -2.21. The topological polar surface area (TPSA) is 35.2 Å². The van der Waals surface area contributed by atoms with Gasteiger partial charge in [0.15, 0.2) is 0 Å². The molecule has 0 aromatic rings. The standard InChI is InChI=1S/C12H27NO/c1-11(2)6-9-14-8-5-7-12(3,4)10-13/h11H,5-10,13H2,1-4H3. The zero-order chi connectivity index (χ0) is 11.0. The van der Waals surface area contributed by atoms with Gasteiger partial charge in [-0.05, 0) is 37.1 Å². The second-order valence-electron chi connectivity index (χ2n) is 5.27. The van der Waals surface area contributed by atoms with Gasteiger partial charge in [-0.25, -0.2) is 0 Å². The van der Waals surface area contributed by atoms with E-state index < -0.39 is 0 Å². The molecular weight excluding hydrogens is 174 g/mol. The second-order valence-corrected chi connectivity index (χ2v) is 5.27. The summed E-state index contributed by atoms with van der Waals surface area (Å²) < 4.78 is 5.54. The summed E-state index contributed by atoms with van der Waals surface area (Å²) >= 11 is 0. The molecule has 0 aromatic heterocycles. The van der Waals surface area contributed by atoms with Gasteiger partial charge in [-0.2, -0.15) is 0 Å². The third kappa shape index (κ3) is 8.52. The van der Waals surface area contributed by atoms with Crippen LogP contribution in [0.25, 0.3) is 0 Å². The molecule has 2 N–H and O–H groups in total. The van der Waals surface area contributed by atoms with E-state index >= 15 is 0 Å². The Morgan fingerprint density at radius 2 is 1.86 bits per heavy atom. The van der Waals surface area contributed by atoms with Crippen LogP contribution in [0.3, 0.4) is 0 Å². The Kier molecular flexibility index (Phi) is 7.20. The van der Waals surface area contributed by atoms with Crippen molar-refractivity contribution in [1.29, 1.82) is 0 Å². The van der Waals surface area contributed by atoms with E-state index in [9.17, 15) is 0 Å². The van der Waals surface area contributed by atoms with Crippen LogP contribution in [0.2, 0.25) is 0 Å². The maximum Gasteiger partial charge on any atom is 0.0468 e. The third-order valence-electron chi connectivity index (χ3n) is 2.53. The molecule has 0 bridgehead atoms. The van der Waals surface area contributed by atoms with Crippen molar-refractivity contribution in [3.8, 4) is 0 Å². The highest BCUT2D eigenvalue weighted by Gasteiger charge is 2.14. The minimum absolute atomic E-state index is 0.279. The van der Waals surface area contributed by atoms with Gasteiger partial charge in [0.2, 0.25) is 0 Å². The maximum absolute atomic E-state index is 5.65. The van der Waals surface area contributed by atoms with E-state index in [1.807, 2.05) is 0 Å². The number of rotatable bonds is 8. The molecule has 86 valence electrons. The molecular formula is C12H27NO. The van der Waals surface area contributed by atoms with Crippen molar-refractivity contribution in [3.63, 3.8) is 0 Å². The Balaban J connectivity index is 3.21. The molecule has 0 rings (SSSR count). The van der Waals surface area contributed by atoms with E-state index in [4.69, 9.17) is 10.5 Å². The van der Waals surface area contributed by atoms with Crippen LogP contribution in [-0.2, 0) is 4.74 Å². The van der Waals surface area contributed by atoms with Gasteiger partial charge in [-0.1, -0.05) is 27.7 Å². The molecule has 0 radical (unpaired) electrons. The molecule has 2 nitrogen and oxygen atoms in total. The fourth-order valence-corrected chi connectivity index (χ4v) is 1.18. The maximum atomic E-state index is 5.65. The predicted molar refractivity (Wildman–Crippen MR) is 62.3 cm³/mol. The van der Waals surface area contributed by atoms with E-state index in [0.717, 1.165) is 38.5 Å². The first-order valence-corrected chi connectivity index (χ1v) is 5.76. The number of hydrogen-bond donors (Lipinski definition) is 1. The lowest BCUT2D eigenvalue weighted by molar-refractivity contribution is 0.112. The molecule has 0 fully saturated rings. The largest absolute Gasteiger partial charge is 0.381 e. The van der Waals surface area contributed by atoms with Gasteiger partial charge in [0.05, 0.1) is 0 Å². The van der Waals surface area contributed by atoms with Gasteiger partial charge in [-0.3, -0.25) is 0 Å². The van der Waals surface area contributed by atoms with Crippen LogP contribution in [-0.4, -0.2) is 19.8 Å². The van der Waals surface area contributed by atoms with Crippen LogP contribution >= 0.6 is 0 Å². The average molecular weight is 201 g/mol. The fourth-order valence-electron chi connectivity index (χ4n) is 1.18. The van der Waals surface area contributed by atoms with Crippen molar-refractivity contribution in [3.05, 3.63) is 0 Å². The Hall–Kier alpha value is -0.0800. The van der Waals surface area contributed by atoms with Gasteiger partial charge < -0.3 is 10.5 Å². The molecule has 0 aliphatic heterocycles. The summed E-state index contributed by atoms with van der Waals surface area (Å²) in [5.41, 5.74) is 5.93. The first-order valence-electron chi connectivity index (χ1n) is 5.76. The van der Waals surface area contributed by atoms with Crippen molar-refractivity contribution in [2.75, 3.05) is 19.8 Å². The van der Waals surface area contributed by atoms with Crippen LogP contribution in [0, 0.1) is 11.3 Å². The number of ether oxygens (including phenoxy) is 1. The lowest BCUT2D eigenvalue weighted by Crippen LogP contribution is -2.23. The van der Waals surface area contributed by atoms with Crippen LogP contribution in [0.1, 0.15) is 47.0 Å². The zero-order valence-electron chi connectivity index (χ0n) is 10.3. The minimum Gasteiger partial charge on any atom is -0.381 e. The van der Waals surface area contributed by atoms with Gasteiger partial charge in [-0.15, -0.1) is 0 Å². The number of hydrogen-bond acceptors (Lipinski definition) is 2. The summed E-state index contributed by atoms with van der Waals surface area (Å²) in [6.45, 7) is 11.4. The minimum atomic E-state index is 0.279. The first kappa shape index (κ1) is 13.9. The van der Waals surface area contributed by atoms with E-state index in [1.165, 1.54) is 6.42 Å². The van der Waals surface area contributed by atoms with E-state index in [1.54, 1.807) is 0 Å². The molecule has 2 heteroatoms. The summed E-state index contributed by atoms with van der Waals surface area (Å²) in [5.74, 6) is 0.746. The fraction of sp³-hybridized carbons (Fsp3) is 1.00. The van der Waals surface area contributed by atoms with Gasteiger partial charge in [0.1, 0.15) is 0 Å².